The molecule has 1 amide bonds. The zero-order valence-electron chi connectivity index (χ0n) is 15.6. The molecule has 0 spiro atoms. The lowest BCUT2D eigenvalue weighted by atomic mass is 10.1. The van der Waals surface area contributed by atoms with Crippen LogP contribution in [0.5, 0.6) is 0 Å². The summed E-state index contributed by atoms with van der Waals surface area (Å²) in [5, 5.41) is 3.39. The van der Waals surface area contributed by atoms with Crippen LogP contribution in [0.3, 0.4) is 0 Å². The first-order valence-electron chi connectivity index (χ1n) is 9.00. The lowest BCUT2D eigenvalue weighted by Crippen LogP contribution is -2.36. The highest BCUT2D eigenvalue weighted by atomic mass is 32.2. The molecule has 0 fully saturated rings. The summed E-state index contributed by atoms with van der Waals surface area (Å²) < 4.78 is 0. The number of carbonyl (C=O) groups excluding carboxylic acids is 1. The summed E-state index contributed by atoms with van der Waals surface area (Å²) in [6.07, 6.45) is 3.85. The lowest BCUT2D eigenvalue weighted by molar-refractivity contribution is -0.113. The number of fused-ring (bicyclic) bond motifs is 1. The van der Waals surface area contributed by atoms with Crippen LogP contribution in [-0.2, 0) is 17.8 Å². The molecule has 1 aromatic carbocycles. The van der Waals surface area contributed by atoms with Crippen LogP contribution in [-0.4, -0.2) is 45.9 Å². The van der Waals surface area contributed by atoms with E-state index in [4.69, 9.17) is 0 Å². The average molecular weight is 405 g/mol. The van der Waals surface area contributed by atoms with Gasteiger partial charge >= 0.3 is 0 Å². The first kappa shape index (κ1) is 20.0. The Morgan fingerprint density at radius 3 is 3.04 bits per heavy atom. The Morgan fingerprint density at radius 2 is 2.26 bits per heavy atom. The van der Waals surface area contributed by atoms with E-state index in [1.54, 1.807) is 11.8 Å². The van der Waals surface area contributed by atoms with Gasteiger partial charge in [-0.25, -0.2) is 4.98 Å². The second-order valence-electron chi connectivity index (χ2n) is 6.39. The van der Waals surface area contributed by atoms with E-state index >= 15 is 0 Å². The number of thioether (sulfide) groups is 2. The van der Waals surface area contributed by atoms with Gasteiger partial charge in [-0.15, -0.1) is 11.8 Å². The standard InChI is InChI=1S/C19H24N4O2S2/c1-3-8-23-9-7-16-15(11-23)18(25)22-19(21-16)27-12-17(24)20-13-5-4-6-14(10-13)26-2/h4-6,10H,3,7-9,11-12H2,1-2H3,(H,20,24)(H,21,22,25). The van der Waals surface area contributed by atoms with Gasteiger partial charge in [0, 0.05) is 30.1 Å². The van der Waals surface area contributed by atoms with Gasteiger partial charge in [-0.1, -0.05) is 24.8 Å². The van der Waals surface area contributed by atoms with Crippen molar-refractivity contribution in [1.29, 1.82) is 0 Å². The molecule has 2 heterocycles. The molecule has 0 saturated heterocycles. The second kappa shape index (κ2) is 9.43. The van der Waals surface area contributed by atoms with Crippen molar-refractivity contribution in [2.75, 3.05) is 30.4 Å². The molecule has 2 N–H and O–H groups in total. The minimum atomic E-state index is -0.118. The van der Waals surface area contributed by atoms with Crippen LogP contribution in [0.1, 0.15) is 24.6 Å². The van der Waals surface area contributed by atoms with Crippen LogP contribution in [0.4, 0.5) is 5.69 Å². The summed E-state index contributed by atoms with van der Waals surface area (Å²) in [6.45, 7) is 4.71. The molecule has 0 saturated carbocycles. The van der Waals surface area contributed by atoms with Gasteiger partial charge in [0.15, 0.2) is 5.16 Å². The molecule has 144 valence electrons. The predicted molar refractivity (Wildman–Crippen MR) is 112 cm³/mol. The number of aromatic nitrogens is 2. The van der Waals surface area contributed by atoms with Gasteiger partial charge in [0.2, 0.25) is 5.91 Å². The second-order valence-corrected chi connectivity index (χ2v) is 8.23. The molecule has 6 nitrogen and oxygen atoms in total. The van der Waals surface area contributed by atoms with Gasteiger partial charge in [0.25, 0.3) is 5.56 Å². The summed E-state index contributed by atoms with van der Waals surface area (Å²) in [7, 11) is 0. The average Bonchev–Trinajstić information content (AvgIpc) is 2.67. The van der Waals surface area contributed by atoms with E-state index in [-0.39, 0.29) is 17.2 Å². The maximum Gasteiger partial charge on any atom is 0.256 e. The van der Waals surface area contributed by atoms with Crippen molar-refractivity contribution < 1.29 is 4.79 Å². The molecule has 1 aliphatic rings. The fourth-order valence-corrected chi connectivity index (χ4v) is 4.20. The molecule has 27 heavy (non-hydrogen) atoms. The molecule has 0 atom stereocenters. The normalized spacial score (nSPS) is 14.0. The number of carbonyl (C=O) groups is 1. The van der Waals surface area contributed by atoms with Crippen molar-refractivity contribution >= 4 is 35.1 Å². The Bertz CT molecular complexity index is 869. The molecule has 3 rings (SSSR count). The van der Waals surface area contributed by atoms with E-state index in [2.05, 4.69) is 27.1 Å². The highest BCUT2D eigenvalue weighted by Crippen LogP contribution is 2.20. The van der Waals surface area contributed by atoms with Gasteiger partial charge in [0.1, 0.15) is 0 Å². The Kier molecular flexibility index (Phi) is 6.98. The van der Waals surface area contributed by atoms with Crippen LogP contribution >= 0.6 is 23.5 Å². The Labute approximate surface area is 167 Å². The molecule has 0 radical (unpaired) electrons. The van der Waals surface area contributed by atoms with Crippen LogP contribution < -0.4 is 10.9 Å². The molecule has 1 aromatic heterocycles. The van der Waals surface area contributed by atoms with Crippen molar-refractivity contribution in [2.45, 2.75) is 36.4 Å². The highest BCUT2D eigenvalue weighted by molar-refractivity contribution is 7.99. The molecule has 0 unspecified atom stereocenters. The number of nitrogens with zero attached hydrogens (tertiary/aromatic N) is 2. The number of hydrogen-bond acceptors (Lipinski definition) is 6. The monoisotopic (exact) mass is 404 g/mol. The summed E-state index contributed by atoms with van der Waals surface area (Å²) >= 11 is 2.89. The molecule has 1 aliphatic heterocycles. The summed E-state index contributed by atoms with van der Waals surface area (Å²) in [6, 6.07) is 7.72. The Balaban J connectivity index is 1.60. The fraction of sp³-hybridized carbons (Fsp3) is 0.421. The summed E-state index contributed by atoms with van der Waals surface area (Å²) in [4.78, 5) is 35.4. The third-order valence-corrected chi connectivity index (χ3v) is 5.96. The van der Waals surface area contributed by atoms with Crippen LogP contribution in [0.25, 0.3) is 0 Å². The SMILES string of the molecule is CCCN1CCc2nc(SCC(=O)Nc3cccc(SC)c3)[nH]c(=O)c2C1. The number of amides is 1. The minimum Gasteiger partial charge on any atom is -0.325 e. The lowest BCUT2D eigenvalue weighted by Gasteiger charge is -2.27. The van der Waals surface area contributed by atoms with E-state index in [0.29, 0.717) is 11.7 Å². The van der Waals surface area contributed by atoms with Crippen molar-refractivity contribution in [3.8, 4) is 0 Å². The van der Waals surface area contributed by atoms with Crippen LogP contribution in [0, 0.1) is 0 Å². The molecular weight excluding hydrogens is 380 g/mol. The van der Waals surface area contributed by atoms with E-state index in [0.717, 1.165) is 47.8 Å². The quantitative estimate of drug-likeness (QED) is 0.546. The first-order valence-corrected chi connectivity index (χ1v) is 11.2. The Hall–Kier alpha value is -1.77. The molecular formula is C19H24N4O2S2. The smallest absolute Gasteiger partial charge is 0.256 e. The maximum absolute atomic E-state index is 12.4. The summed E-state index contributed by atoms with van der Waals surface area (Å²) in [5.41, 5.74) is 2.31. The first-order chi connectivity index (χ1) is 13.1. The number of aromatic amines is 1. The van der Waals surface area contributed by atoms with Gasteiger partial charge in [-0.3, -0.25) is 14.5 Å². The van der Waals surface area contributed by atoms with E-state index in [1.165, 1.54) is 11.8 Å². The van der Waals surface area contributed by atoms with Crippen molar-refractivity contribution in [1.82, 2.24) is 14.9 Å². The van der Waals surface area contributed by atoms with Crippen molar-refractivity contribution in [3.05, 3.63) is 45.9 Å². The topological polar surface area (TPSA) is 78.1 Å². The van der Waals surface area contributed by atoms with Gasteiger partial charge < -0.3 is 10.3 Å². The van der Waals surface area contributed by atoms with Crippen molar-refractivity contribution in [2.24, 2.45) is 0 Å². The molecule has 0 aliphatic carbocycles. The fourth-order valence-electron chi connectivity index (χ4n) is 3.07. The zero-order chi connectivity index (χ0) is 19.2. The third-order valence-electron chi connectivity index (χ3n) is 4.36. The molecule has 2 aromatic rings. The number of rotatable bonds is 7. The van der Waals surface area contributed by atoms with Crippen molar-refractivity contribution in [3.63, 3.8) is 0 Å². The van der Waals surface area contributed by atoms with Gasteiger partial charge in [-0.2, -0.15) is 0 Å². The van der Waals surface area contributed by atoms with Crippen LogP contribution in [0.15, 0.2) is 39.1 Å². The summed E-state index contributed by atoms with van der Waals surface area (Å²) in [5.74, 6) is 0.0837. The number of benzene rings is 1. The number of nitrogens with one attached hydrogen (secondary N) is 2. The predicted octanol–water partition coefficient (Wildman–Crippen LogP) is 2.99. The largest absolute Gasteiger partial charge is 0.325 e. The Morgan fingerprint density at radius 1 is 1.41 bits per heavy atom. The zero-order valence-corrected chi connectivity index (χ0v) is 17.2. The van der Waals surface area contributed by atoms with Gasteiger partial charge in [-0.05, 0) is 37.4 Å². The number of hydrogen-bond donors (Lipinski definition) is 2. The third kappa shape index (κ3) is 5.37. The number of anilines is 1. The van der Waals surface area contributed by atoms with Crippen LogP contribution in [0.2, 0.25) is 0 Å². The van der Waals surface area contributed by atoms with E-state index in [1.807, 2.05) is 30.5 Å². The molecule has 0 bridgehead atoms. The van der Waals surface area contributed by atoms with E-state index in [9.17, 15) is 9.59 Å². The number of H-pyrrole nitrogens is 1. The molecule has 8 heteroatoms. The maximum atomic E-state index is 12.4. The minimum absolute atomic E-state index is 0.0867. The highest BCUT2D eigenvalue weighted by Gasteiger charge is 2.20. The van der Waals surface area contributed by atoms with E-state index < -0.39 is 0 Å². The van der Waals surface area contributed by atoms with Gasteiger partial charge in [0.05, 0.1) is 17.0 Å².